The summed E-state index contributed by atoms with van der Waals surface area (Å²) in [6.45, 7) is -0.142. The first-order valence-corrected chi connectivity index (χ1v) is 6.88. The van der Waals surface area contributed by atoms with Gasteiger partial charge in [-0.15, -0.1) is 0 Å². The summed E-state index contributed by atoms with van der Waals surface area (Å²) in [6, 6.07) is 11.9. The molecule has 21 heavy (non-hydrogen) atoms. The highest BCUT2D eigenvalue weighted by molar-refractivity contribution is 6.35. The van der Waals surface area contributed by atoms with Gasteiger partial charge in [-0.1, -0.05) is 41.4 Å². The largest absolute Gasteiger partial charge is 0.480 e. The van der Waals surface area contributed by atoms with Gasteiger partial charge in [-0.05, 0) is 24.3 Å². The van der Waals surface area contributed by atoms with E-state index in [2.05, 4.69) is 0 Å². The molecule has 0 aliphatic rings. The van der Waals surface area contributed by atoms with Crippen molar-refractivity contribution in [1.82, 2.24) is 0 Å². The Kier molecular flexibility index (Phi) is 5.31. The molecule has 0 fully saturated rings. The van der Waals surface area contributed by atoms with E-state index < -0.39 is 5.97 Å². The third-order valence-corrected chi connectivity index (χ3v) is 3.21. The molecule has 0 aliphatic carbocycles. The Morgan fingerprint density at radius 2 is 1.90 bits per heavy atom. The van der Waals surface area contributed by atoms with E-state index in [0.29, 0.717) is 21.5 Å². The molecule has 0 amide bonds. The van der Waals surface area contributed by atoms with Crippen molar-refractivity contribution >= 4 is 34.9 Å². The Morgan fingerprint density at radius 1 is 1.14 bits per heavy atom. The van der Waals surface area contributed by atoms with Crippen LogP contribution in [-0.4, -0.2) is 12.6 Å². The average Bonchev–Trinajstić information content (AvgIpc) is 2.45. The van der Waals surface area contributed by atoms with Gasteiger partial charge in [0.1, 0.15) is 12.4 Å². The van der Waals surface area contributed by atoms with Crippen molar-refractivity contribution in [1.29, 1.82) is 0 Å². The van der Waals surface area contributed by atoms with E-state index >= 15 is 0 Å². The summed E-state index contributed by atoms with van der Waals surface area (Å²) in [5, 5.41) is 0.831. The highest BCUT2D eigenvalue weighted by Gasteiger charge is 2.08. The zero-order valence-electron chi connectivity index (χ0n) is 11.0. The highest BCUT2D eigenvalue weighted by atomic mass is 35.5. The van der Waals surface area contributed by atoms with Crippen LogP contribution in [0.1, 0.15) is 5.56 Å². The van der Waals surface area contributed by atoms with Gasteiger partial charge in [-0.3, -0.25) is 0 Å². The molecule has 0 radical (unpaired) electrons. The Labute approximate surface area is 132 Å². The zero-order chi connectivity index (χ0) is 15.2. The lowest BCUT2D eigenvalue weighted by molar-refractivity contribution is -0.147. The van der Waals surface area contributed by atoms with Gasteiger partial charge in [-0.25, -0.2) is 4.79 Å². The number of hydrogen-bond donors (Lipinski definition) is 1. The van der Waals surface area contributed by atoms with Crippen LogP contribution in [0.25, 0.3) is 0 Å². The summed E-state index contributed by atoms with van der Waals surface area (Å²) in [7, 11) is 0. The van der Waals surface area contributed by atoms with Gasteiger partial charge in [0, 0.05) is 16.3 Å². The number of nitrogens with two attached hydrogens (primary N) is 1. The van der Waals surface area contributed by atoms with Crippen molar-refractivity contribution in [3.63, 3.8) is 0 Å². The highest BCUT2D eigenvalue weighted by Crippen LogP contribution is 2.27. The van der Waals surface area contributed by atoms with Crippen molar-refractivity contribution in [2.24, 2.45) is 0 Å². The topological polar surface area (TPSA) is 61.5 Å². The van der Waals surface area contributed by atoms with E-state index in [1.54, 1.807) is 24.3 Å². The molecule has 6 heteroatoms. The lowest BCUT2D eigenvalue weighted by Crippen LogP contribution is -2.15. The lowest BCUT2D eigenvalue weighted by Gasteiger charge is -2.09. The Balaban J connectivity index is 1.84. The number of para-hydroxylation sites is 1. The third kappa shape index (κ3) is 4.55. The Bertz CT molecular complexity index is 647. The number of halogens is 2. The van der Waals surface area contributed by atoms with Crippen LogP contribution >= 0.6 is 23.2 Å². The SMILES string of the molecule is Nc1ccccc1COC(=O)COc1ccc(Cl)cc1Cl. The van der Waals surface area contributed by atoms with Crippen molar-refractivity contribution in [3.05, 3.63) is 58.1 Å². The molecule has 4 nitrogen and oxygen atoms in total. The van der Waals surface area contributed by atoms with Gasteiger partial charge in [0.2, 0.25) is 0 Å². The number of nitrogen functional groups attached to an aromatic ring is 1. The normalized spacial score (nSPS) is 10.2. The van der Waals surface area contributed by atoms with Gasteiger partial charge in [0.25, 0.3) is 0 Å². The fourth-order valence-corrected chi connectivity index (χ4v) is 2.06. The number of ether oxygens (including phenoxy) is 2. The molecule has 0 saturated carbocycles. The van der Waals surface area contributed by atoms with Crippen LogP contribution in [0.3, 0.4) is 0 Å². The van der Waals surface area contributed by atoms with E-state index in [-0.39, 0.29) is 13.2 Å². The molecule has 0 aromatic heterocycles. The van der Waals surface area contributed by atoms with Gasteiger partial charge in [-0.2, -0.15) is 0 Å². The quantitative estimate of drug-likeness (QED) is 0.672. The van der Waals surface area contributed by atoms with Gasteiger partial charge in [0.05, 0.1) is 5.02 Å². The van der Waals surface area contributed by atoms with Crippen LogP contribution in [0.2, 0.25) is 10.0 Å². The molecule has 2 rings (SSSR count). The van der Waals surface area contributed by atoms with Crippen molar-refractivity contribution in [3.8, 4) is 5.75 Å². The Morgan fingerprint density at radius 3 is 2.62 bits per heavy atom. The fraction of sp³-hybridized carbons (Fsp3) is 0.133. The first kappa shape index (κ1) is 15.5. The van der Waals surface area contributed by atoms with Crippen LogP contribution in [0.5, 0.6) is 5.75 Å². The maximum atomic E-state index is 11.6. The molecule has 0 atom stereocenters. The van der Waals surface area contributed by atoms with Gasteiger partial charge >= 0.3 is 5.97 Å². The summed E-state index contributed by atoms with van der Waals surface area (Å²) >= 11 is 11.7. The molecule has 0 bridgehead atoms. The smallest absolute Gasteiger partial charge is 0.344 e. The van der Waals surface area contributed by atoms with Crippen LogP contribution in [0.15, 0.2) is 42.5 Å². The number of hydrogen-bond acceptors (Lipinski definition) is 4. The summed E-state index contributed by atoms with van der Waals surface area (Å²) in [5.74, 6) is -0.137. The summed E-state index contributed by atoms with van der Waals surface area (Å²) < 4.78 is 10.4. The minimum Gasteiger partial charge on any atom is -0.480 e. The summed E-state index contributed by atoms with van der Waals surface area (Å²) in [5.41, 5.74) is 7.07. The second-order valence-corrected chi connectivity index (χ2v) is 5.07. The van der Waals surface area contributed by atoms with Crippen molar-refractivity contribution in [2.75, 3.05) is 12.3 Å². The second kappa shape index (κ2) is 7.20. The molecule has 0 saturated heterocycles. The molecular formula is C15H13Cl2NO3. The monoisotopic (exact) mass is 325 g/mol. The van der Waals surface area contributed by atoms with Crippen molar-refractivity contribution in [2.45, 2.75) is 6.61 Å². The minimum absolute atomic E-state index is 0.100. The zero-order valence-corrected chi connectivity index (χ0v) is 12.5. The van der Waals surface area contributed by atoms with Crippen molar-refractivity contribution < 1.29 is 14.3 Å². The van der Waals surface area contributed by atoms with Crippen LogP contribution < -0.4 is 10.5 Å². The third-order valence-electron chi connectivity index (χ3n) is 2.68. The maximum Gasteiger partial charge on any atom is 0.344 e. The molecule has 0 heterocycles. The number of anilines is 1. The number of benzene rings is 2. The summed E-state index contributed by atoms with van der Waals surface area (Å²) in [4.78, 5) is 11.6. The van der Waals surface area contributed by atoms with E-state index in [9.17, 15) is 4.79 Å². The molecule has 0 spiro atoms. The molecule has 2 aromatic rings. The van der Waals surface area contributed by atoms with Crippen LogP contribution in [0.4, 0.5) is 5.69 Å². The number of carbonyl (C=O) groups excluding carboxylic acids is 1. The molecular weight excluding hydrogens is 313 g/mol. The molecule has 110 valence electrons. The standard InChI is InChI=1S/C15H13Cl2NO3/c16-11-5-6-14(12(17)7-11)20-9-15(19)21-8-10-3-1-2-4-13(10)18/h1-7H,8-9,18H2. The van der Waals surface area contributed by atoms with Crippen LogP contribution in [0, 0.1) is 0 Å². The number of rotatable bonds is 5. The van der Waals surface area contributed by atoms with E-state index in [4.69, 9.17) is 38.4 Å². The van der Waals surface area contributed by atoms with Gasteiger partial charge in [0.15, 0.2) is 6.61 Å². The first-order chi connectivity index (χ1) is 10.1. The van der Waals surface area contributed by atoms with E-state index in [1.807, 2.05) is 12.1 Å². The maximum absolute atomic E-state index is 11.6. The Hall–Kier alpha value is -1.91. The lowest BCUT2D eigenvalue weighted by atomic mass is 10.2. The molecule has 2 N–H and O–H groups in total. The van der Waals surface area contributed by atoms with Crippen LogP contribution in [-0.2, 0) is 16.1 Å². The number of carbonyl (C=O) groups is 1. The van der Waals surface area contributed by atoms with Gasteiger partial charge < -0.3 is 15.2 Å². The molecule has 2 aromatic carbocycles. The molecule has 0 unspecified atom stereocenters. The second-order valence-electron chi connectivity index (χ2n) is 4.22. The first-order valence-electron chi connectivity index (χ1n) is 6.13. The predicted octanol–water partition coefficient (Wildman–Crippen LogP) is 3.70. The average molecular weight is 326 g/mol. The number of esters is 1. The minimum atomic E-state index is -0.510. The van der Waals surface area contributed by atoms with E-state index in [1.165, 1.54) is 6.07 Å². The summed E-state index contributed by atoms with van der Waals surface area (Å²) in [6.07, 6.45) is 0. The van der Waals surface area contributed by atoms with E-state index in [0.717, 1.165) is 5.56 Å². The molecule has 0 aliphatic heterocycles. The predicted molar refractivity (Wildman–Crippen MR) is 82.6 cm³/mol. The fourth-order valence-electron chi connectivity index (χ4n) is 1.59.